The third kappa shape index (κ3) is 5.39. The van der Waals surface area contributed by atoms with Gasteiger partial charge in [0.1, 0.15) is 34.8 Å². The van der Waals surface area contributed by atoms with Crippen molar-refractivity contribution in [3.63, 3.8) is 0 Å². The van der Waals surface area contributed by atoms with Crippen molar-refractivity contribution in [2.45, 2.75) is 36.5 Å². The van der Waals surface area contributed by atoms with E-state index in [1.165, 1.54) is 32.5 Å². The molecule has 2 aromatic heterocycles. The highest BCUT2D eigenvalue weighted by Crippen LogP contribution is 2.34. The molecule has 0 unspecified atom stereocenters. The number of hydrogen-bond acceptors (Lipinski definition) is 9. The number of rotatable bonds is 9. The van der Waals surface area contributed by atoms with Gasteiger partial charge in [-0.05, 0) is 54.3 Å². The molecule has 0 amide bonds. The van der Waals surface area contributed by atoms with E-state index in [0.717, 1.165) is 4.57 Å². The number of sulfone groups is 1. The first-order chi connectivity index (χ1) is 19.1. The highest BCUT2D eigenvalue weighted by atomic mass is 32.2. The molecule has 0 aliphatic carbocycles. The lowest BCUT2D eigenvalue weighted by Crippen LogP contribution is -2.30. The molecule has 0 aliphatic rings. The fourth-order valence-electron chi connectivity index (χ4n) is 4.22. The Morgan fingerprint density at radius 1 is 1.00 bits per heavy atom. The molecule has 2 aromatic carbocycles. The Hall–Kier alpha value is -4.69. The summed E-state index contributed by atoms with van der Waals surface area (Å²) >= 11 is 0. The summed E-state index contributed by atoms with van der Waals surface area (Å²) in [7, 11) is -1.67. The predicted octanol–water partition coefficient (Wildman–Crippen LogP) is 4.31. The van der Waals surface area contributed by atoms with Crippen molar-refractivity contribution >= 4 is 9.84 Å². The fraction of sp³-hybridized carbons (Fsp3) is 0.241. The zero-order valence-corrected chi connectivity index (χ0v) is 23.3. The van der Waals surface area contributed by atoms with Crippen LogP contribution in [0.5, 0.6) is 17.4 Å². The molecule has 206 valence electrons. The van der Waals surface area contributed by atoms with Crippen molar-refractivity contribution in [3.05, 3.63) is 82.7 Å². The second-order valence-corrected chi connectivity index (χ2v) is 11.2. The van der Waals surface area contributed by atoms with Crippen LogP contribution in [0.2, 0.25) is 0 Å². The smallest absolute Gasteiger partial charge is 0.281 e. The number of hydrogen-bond donors (Lipinski definition) is 1. The Bertz CT molecular complexity index is 1720. The number of benzene rings is 2. The number of aromatic nitrogens is 3. The monoisotopic (exact) mass is 560 g/mol. The Balaban J connectivity index is 1.90. The van der Waals surface area contributed by atoms with E-state index < -0.39 is 26.2 Å². The van der Waals surface area contributed by atoms with Crippen LogP contribution < -0.4 is 15.0 Å². The van der Waals surface area contributed by atoms with Gasteiger partial charge in [-0.1, -0.05) is 32.0 Å². The molecule has 1 N–H and O–H groups in total. The minimum Gasteiger partial charge on any atom is -0.494 e. The quantitative estimate of drug-likeness (QED) is 0.316. The van der Waals surface area contributed by atoms with E-state index >= 15 is 0 Å². The molecule has 0 saturated heterocycles. The molecule has 4 aromatic rings. The van der Waals surface area contributed by atoms with Crippen molar-refractivity contribution in [2.75, 3.05) is 14.2 Å². The van der Waals surface area contributed by atoms with Crippen molar-refractivity contribution in [2.24, 2.45) is 5.92 Å². The lowest BCUT2D eigenvalue weighted by Gasteiger charge is -2.20. The van der Waals surface area contributed by atoms with Gasteiger partial charge in [-0.25, -0.2) is 13.4 Å². The molecule has 0 fully saturated rings. The van der Waals surface area contributed by atoms with E-state index in [0.29, 0.717) is 17.5 Å². The topological polar surface area (TPSA) is 144 Å². The summed E-state index contributed by atoms with van der Waals surface area (Å²) in [6, 6.07) is 15.9. The average molecular weight is 561 g/mol. The molecule has 0 spiro atoms. The second kappa shape index (κ2) is 11.6. The van der Waals surface area contributed by atoms with E-state index in [4.69, 9.17) is 14.7 Å². The maximum absolute atomic E-state index is 14.0. The lowest BCUT2D eigenvalue weighted by molar-refractivity contribution is 0.386. The highest BCUT2D eigenvalue weighted by Gasteiger charge is 2.31. The first-order valence-corrected chi connectivity index (χ1v) is 13.9. The molecular formula is C29H28N4O6S. The summed E-state index contributed by atoms with van der Waals surface area (Å²) in [4.78, 5) is 21.2. The van der Waals surface area contributed by atoms with Crippen LogP contribution in [0.4, 0.5) is 0 Å². The third-order valence-corrected chi connectivity index (χ3v) is 8.10. The van der Waals surface area contributed by atoms with Crippen LogP contribution in [0.15, 0.2) is 75.4 Å². The second-order valence-electron chi connectivity index (χ2n) is 9.34. The van der Waals surface area contributed by atoms with E-state index in [2.05, 4.69) is 9.97 Å². The number of nitrogens with zero attached hydrogens (tertiary/aromatic N) is 4. The maximum Gasteiger partial charge on any atom is 0.281 e. The zero-order valence-electron chi connectivity index (χ0n) is 22.5. The Morgan fingerprint density at radius 2 is 1.62 bits per heavy atom. The molecule has 11 heteroatoms. The minimum absolute atomic E-state index is 0.168. The summed E-state index contributed by atoms with van der Waals surface area (Å²) in [6.07, 6.45) is 2.42. The Kier molecular flexibility index (Phi) is 8.21. The van der Waals surface area contributed by atoms with Crippen molar-refractivity contribution in [1.29, 1.82) is 5.26 Å². The SMILES string of the molecule is COc1cccc(OC)c1-n1c(CCC(C)C)nc(O)c(S(=O)(=O)c2ccc(-c3ccc(C#N)nc3)cc2)c1=O. The van der Waals surface area contributed by atoms with E-state index in [1.807, 2.05) is 19.9 Å². The first-order valence-electron chi connectivity index (χ1n) is 12.4. The van der Waals surface area contributed by atoms with Gasteiger partial charge in [0, 0.05) is 18.2 Å². The summed E-state index contributed by atoms with van der Waals surface area (Å²) in [5.74, 6) is 0.0723. The van der Waals surface area contributed by atoms with Gasteiger partial charge in [0.15, 0.2) is 4.90 Å². The van der Waals surface area contributed by atoms with Crippen LogP contribution in [-0.2, 0) is 16.3 Å². The number of pyridine rings is 1. The first kappa shape index (κ1) is 28.3. The van der Waals surface area contributed by atoms with Gasteiger partial charge in [0.25, 0.3) is 5.56 Å². The average Bonchev–Trinajstić information content (AvgIpc) is 2.95. The number of aryl methyl sites for hydroxylation is 1. The van der Waals surface area contributed by atoms with Gasteiger partial charge in [0.2, 0.25) is 15.7 Å². The van der Waals surface area contributed by atoms with Crippen LogP contribution in [0.3, 0.4) is 0 Å². The summed E-state index contributed by atoms with van der Waals surface area (Å²) in [5, 5.41) is 19.8. The van der Waals surface area contributed by atoms with Crippen LogP contribution in [0.1, 0.15) is 31.8 Å². The number of ether oxygens (including phenoxy) is 2. The van der Waals surface area contributed by atoms with Crippen molar-refractivity contribution in [3.8, 4) is 40.3 Å². The van der Waals surface area contributed by atoms with Crippen LogP contribution >= 0.6 is 0 Å². The van der Waals surface area contributed by atoms with Gasteiger partial charge in [0.05, 0.1) is 19.1 Å². The van der Waals surface area contributed by atoms with Gasteiger partial charge in [-0.15, -0.1) is 0 Å². The largest absolute Gasteiger partial charge is 0.494 e. The highest BCUT2D eigenvalue weighted by molar-refractivity contribution is 7.91. The minimum atomic E-state index is -4.51. The summed E-state index contributed by atoms with van der Waals surface area (Å²) in [6.45, 7) is 4.00. The van der Waals surface area contributed by atoms with E-state index in [-0.39, 0.29) is 45.9 Å². The molecule has 10 nitrogen and oxygen atoms in total. The standard InChI is InChI=1S/C29H28N4O6S/c1-18(2)8-15-25-32-28(34)27(29(35)33(25)26-23(38-3)6-5-7-24(26)39-4)40(36,37)22-13-10-19(11-14-22)20-9-12-21(16-30)31-17-20/h5-7,9-14,17-18,34H,8,15H2,1-4H3. The normalized spacial score (nSPS) is 11.3. The van der Waals surface area contributed by atoms with E-state index in [9.17, 15) is 18.3 Å². The van der Waals surface area contributed by atoms with Crippen LogP contribution in [0.25, 0.3) is 16.8 Å². The molecule has 0 aliphatic heterocycles. The molecule has 0 atom stereocenters. The number of nitriles is 1. The van der Waals surface area contributed by atoms with Gasteiger partial charge < -0.3 is 14.6 Å². The lowest BCUT2D eigenvalue weighted by atomic mass is 10.1. The molecule has 0 radical (unpaired) electrons. The summed E-state index contributed by atoms with van der Waals surface area (Å²) < 4.78 is 39.6. The van der Waals surface area contributed by atoms with Crippen LogP contribution in [-0.4, -0.2) is 42.3 Å². The molecule has 2 heterocycles. The van der Waals surface area contributed by atoms with Crippen molar-refractivity contribution < 1.29 is 23.0 Å². The third-order valence-electron chi connectivity index (χ3n) is 6.31. The molecule has 40 heavy (non-hydrogen) atoms. The Labute approximate surface area is 232 Å². The fourth-order valence-corrected chi connectivity index (χ4v) is 5.55. The van der Waals surface area contributed by atoms with Gasteiger partial charge in [-0.2, -0.15) is 10.2 Å². The maximum atomic E-state index is 14.0. The predicted molar refractivity (Wildman–Crippen MR) is 148 cm³/mol. The van der Waals surface area contributed by atoms with Gasteiger partial charge in [-0.3, -0.25) is 9.36 Å². The zero-order chi connectivity index (χ0) is 29.0. The number of para-hydroxylation sites is 1. The van der Waals surface area contributed by atoms with Gasteiger partial charge >= 0.3 is 0 Å². The number of aromatic hydroxyl groups is 1. The molecular weight excluding hydrogens is 532 g/mol. The molecule has 0 bridgehead atoms. The van der Waals surface area contributed by atoms with Crippen LogP contribution in [0, 0.1) is 17.2 Å². The summed E-state index contributed by atoms with van der Waals surface area (Å²) in [5.41, 5.74) is 0.787. The number of methoxy groups -OCH3 is 2. The van der Waals surface area contributed by atoms with E-state index in [1.54, 1.807) is 42.5 Å². The molecule has 0 saturated carbocycles. The molecule has 4 rings (SSSR count). The van der Waals surface area contributed by atoms with Crippen molar-refractivity contribution in [1.82, 2.24) is 14.5 Å². The Morgan fingerprint density at radius 3 is 2.15 bits per heavy atom.